The van der Waals surface area contributed by atoms with E-state index in [1.54, 1.807) is 0 Å². The molecular weight excluding hydrogens is 188 g/mol. The van der Waals surface area contributed by atoms with Crippen LogP contribution in [-0.4, -0.2) is 27.8 Å². The lowest BCUT2D eigenvalue weighted by Crippen LogP contribution is -2.13. The summed E-state index contributed by atoms with van der Waals surface area (Å²) >= 11 is 4.10. The zero-order chi connectivity index (χ0) is 8.81. The van der Waals surface area contributed by atoms with Crippen molar-refractivity contribution in [3.8, 4) is 0 Å². The average Bonchev–Trinajstić information content (AvgIpc) is 2.15. The summed E-state index contributed by atoms with van der Waals surface area (Å²) < 4.78 is 0.710. The summed E-state index contributed by atoms with van der Waals surface area (Å²) in [5.74, 6) is 3.19. The molecule has 0 radical (unpaired) electrons. The minimum Gasteiger partial charge on any atom is -0.392 e. The molecule has 70 valence electrons. The van der Waals surface area contributed by atoms with Crippen LogP contribution in [0.1, 0.15) is 13.3 Å². The predicted octanol–water partition coefficient (Wildman–Crippen LogP) is 2.37. The second kappa shape index (κ2) is 5.95. The molecule has 1 N–H and O–H groups in total. The van der Waals surface area contributed by atoms with Gasteiger partial charge in [0.1, 0.15) is 0 Å². The number of hydrogen-bond donors (Lipinski definition) is 1. The van der Waals surface area contributed by atoms with Crippen molar-refractivity contribution in [3.05, 3.63) is 12.2 Å². The largest absolute Gasteiger partial charge is 0.392 e. The normalized spacial score (nSPS) is 23.2. The highest BCUT2D eigenvalue weighted by Gasteiger charge is 2.18. The van der Waals surface area contributed by atoms with Crippen molar-refractivity contribution in [2.24, 2.45) is 5.92 Å². The first-order valence-corrected chi connectivity index (χ1v) is 6.45. The Hall–Kier alpha value is 0.400. The Morgan fingerprint density at radius 1 is 1.50 bits per heavy atom. The van der Waals surface area contributed by atoms with Gasteiger partial charge in [-0.15, -0.1) is 23.5 Å². The summed E-state index contributed by atoms with van der Waals surface area (Å²) in [7, 11) is 0. The molecule has 3 heteroatoms. The van der Waals surface area contributed by atoms with E-state index in [0.29, 0.717) is 10.5 Å². The fourth-order valence-corrected chi connectivity index (χ4v) is 4.20. The molecule has 0 spiro atoms. The van der Waals surface area contributed by atoms with E-state index in [-0.39, 0.29) is 6.61 Å². The van der Waals surface area contributed by atoms with Crippen LogP contribution in [0.4, 0.5) is 0 Å². The summed E-state index contributed by atoms with van der Waals surface area (Å²) in [6, 6.07) is 0. The number of allylic oxidation sites excluding steroid dienone is 1. The molecule has 0 aliphatic carbocycles. The van der Waals surface area contributed by atoms with Crippen molar-refractivity contribution in [2.45, 2.75) is 17.9 Å². The molecule has 0 aromatic rings. The quantitative estimate of drug-likeness (QED) is 0.713. The summed E-state index contributed by atoms with van der Waals surface area (Å²) in [4.78, 5) is 0. The maximum Gasteiger partial charge on any atom is 0.0612 e. The van der Waals surface area contributed by atoms with Crippen LogP contribution < -0.4 is 0 Å². The number of rotatable bonds is 3. The van der Waals surface area contributed by atoms with Crippen LogP contribution in [-0.2, 0) is 0 Å². The van der Waals surface area contributed by atoms with Gasteiger partial charge in [-0.25, -0.2) is 0 Å². The van der Waals surface area contributed by atoms with Gasteiger partial charge in [0, 0.05) is 0 Å². The van der Waals surface area contributed by atoms with Crippen molar-refractivity contribution >= 4 is 23.5 Å². The van der Waals surface area contributed by atoms with E-state index in [2.05, 4.69) is 36.5 Å². The molecule has 0 bridgehead atoms. The smallest absolute Gasteiger partial charge is 0.0612 e. The van der Waals surface area contributed by atoms with E-state index in [0.717, 1.165) is 0 Å². The fraction of sp³-hybridized carbons (Fsp3) is 0.778. The lowest BCUT2D eigenvalue weighted by Gasteiger charge is -2.24. The molecular formula is C9H16OS2. The second-order valence-corrected chi connectivity index (χ2v) is 5.73. The second-order valence-electron chi connectivity index (χ2n) is 2.93. The Kier molecular flexibility index (Phi) is 5.19. The van der Waals surface area contributed by atoms with Crippen molar-refractivity contribution in [1.29, 1.82) is 0 Å². The monoisotopic (exact) mass is 204 g/mol. The van der Waals surface area contributed by atoms with Crippen LogP contribution in [0.5, 0.6) is 0 Å². The standard InChI is InChI=1S/C9H16OS2/c1-8(4-2-5-10)9-11-6-3-7-12-9/h2,4,8-10H,3,5-7H2,1H3/b4-2-/t8-/m1/s1. The van der Waals surface area contributed by atoms with Crippen LogP contribution in [0.2, 0.25) is 0 Å². The highest BCUT2D eigenvalue weighted by Crippen LogP contribution is 2.36. The summed E-state index contributed by atoms with van der Waals surface area (Å²) in [5.41, 5.74) is 0. The topological polar surface area (TPSA) is 20.2 Å². The number of thioether (sulfide) groups is 2. The van der Waals surface area contributed by atoms with Gasteiger partial charge in [-0.1, -0.05) is 19.1 Å². The van der Waals surface area contributed by atoms with Gasteiger partial charge in [0.15, 0.2) is 0 Å². The van der Waals surface area contributed by atoms with Crippen LogP contribution in [0, 0.1) is 5.92 Å². The third-order valence-electron chi connectivity index (χ3n) is 1.83. The van der Waals surface area contributed by atoms with E-state index < -0.39 is 0 Å². The lowest BCUT2D eigenvalue weighted by molar-refractivity contribution is 0.342. The molecule has 1 atom stereocenters. The zero-order valence-corrected chi connectivity index (χ0v) is 9.03. The molecule has 0 aromatic heterocycles. The highest BCUT2D eigenvalue weighted by molar-refractivity contribution is 8.17. The minimum atomic E-state index is 0.173. The maximum atomic E-state index is 8.61. The third kappa shape index (κ3) is 3.42. The Morgan fingerprint density at radius 2 is 2.17 bits per heavy atom. The molecule has 12 heavy (non-hydrogen) atoms. The summed E-state index contributed by atoms with van der Waals surface area (Å²) in [6.45, 7) is 2.40. The first-order valence-electron chi connectivity index (χ1n) is 4.35. The van der Waals surface area contributed by atoms with E-state index >= 15 is 0 Å². The average molecular weight is 204 g/mol. The molecule has 1 heterocycles. The van der Waals surface area contributed by atoms with Gasteiger partial charge in [-0.05, 0) is 23.8 Å². The Morgan fingerprint density at radius 3 is 2.75 bits per heavy atom. The molecule has 1 aliphatic heterocycles. The number of aliphatic hydroxyl groups is 1. The lowest BCUT2D eigenvalue weighted by atomic mass is 10.2. The summed E-state index contributed by atoms with van der Waals surface area (Å²) in [5, 5.41) is 8.61. The highest BCUT2D eigenvalue weighted by atomic mass is 32.2. The van der Waals surface area contributed by atoms with Gasteiger partial charge in [0.05, 0.1) is 11.2 Å². The predicted molar refractivity (Wildman–Crippen MR) is 58.7 cm³/mol. The SMILES string of the molecule is C[C@H](/C=C\CO)C1SCCCS1. The van der Waals surface area contributed by atoms with Crippen molar-refractivity contribution in [1.82, 2.24) is 0 Å². The van der Waals surface area contributed by atoms with Gasteiger partial charge in [-0.2, -0.15) is 0 Å². The molecule has 0 saturated carbocycles. The first kappa shape index (κ1) is 10.5. The summed E-state index contributed by atoms with van der Waals surface area (Å²) in [6.07, 6.45) is 5.32. The molecule has 0 amide bonds. The van der Waals surface area contributed by atoms with Crippen LogP contribution >= 0.6 is 23.5 Å². The Bertz CT molecular complexity index is 141. The fourth-order valence-electron chi connectivity index (χ4n) is 1.18. The van der Waals surface area contributed by atoms with E-state index in [9.17, 15) is 0 Å². The Balaban J connectivity index is 2.29. The van der Waals surface area contributed by atoms with E-state index in [4.69, 9.17) is 5.11 Å². The van der Waals surface area contributed by atoms with Crippen LogP contribution in [0.15, 0.2) is 12.2 Å². The first-order chi connectivity index (χ1) is 5.84. The van der Waals surface area contributed by atoms with Gasteiger partial charge >= 0.3 is 0 Å². The molecule has 1 saturated heterocycles. The van der Waals surface area contributed by atoms with Crippen molar-refractivity contribution in [3.63, 3.8) is 0 Å². The van der Waals surface area contributed by atoms with Gasteiger partial charge in [-0.3, -0.25) is 0 Å². The molecule has 1 aliphatic rings. The zero-order valence-electron chi connectivity index (χ0n) is 7.40. The minimum absolute atomic E-state index is 0.173. The maximum absolute atomic E-state index is 8.61. The molecule has 1 rings (SSSR count). The molecule has 1 nitrogen and oxygen atoms in total. The van der Waals surface area contributed by atoms with Gasteiger partial charge in [0.2, 0.25) is 0 Å². The van der Waals surface area contributed by atoms with Crippen LogP contribution in [0.25, 0.3) is 0 Å². The van der Waals surface area contributed by atoms with Crippen molar-refractivity contribution < 1.29 is 5.11 Å². The van der Waals surface area contributed by atoms with Gasteiger partial charge in [0.25, 0.3) is 0 Å². The van der Waals surface area contributed by atoms with Crippen molar-refractivity contribution in [2.75, 3.05) is 18.1 Å². The third-order valence-corrected chi connectivity index (χ3v) is 5.21. The molecule has 1 fully saturated rings. The van der Waals surface area contributed by atoms with E-state index in [1.165, 1.54) is 17.9 Å². The van der Waals surface area contributed by atoms with Gasteiger partial charge < -0.3 is 5.11 Å². The van der Waals surface area contributed by atoms with Crippen LogP contribution in [0.3, 0.4) is 0 Å². The molecule has 0 aromatic carbocycles. The molecule has 0 unspecified atom stereocenters. The number of aliphatic hydroxyl groups excluding tert-OH is 1. The number of hydrogen-bond acceptors (Lipinski definition) is 3. The Labute approximate surface area is 83.0 Å². The van der Waals surface area contributed by atoms with E-state index in [1.807, 2.05) is 6.08 Å².